The second-order valence-corrected chi connectivity index (χ2v) is 5.67. The lowest BCUT2D eigenvalue weighted by Crippen LogP contribution is -2.12. The molecule has 2 aromatic rings. The van der Waals surface area contributed by atoms with E-state index in [0.29, 0.717) is 21.3 Å². The van der Waals surface area contributed by atoms with Crippen molar-refractivity contribution in [2.75, 3.05) is 5.32 Å². The third kappa shape index (κ3) is 3.37. The van der Waals surface area contributed by atoms with Crippen LogP contribution >= 0.6 is 45.8 Å². The maximum absolute atomic E-state index is 12.0. The SMILES string of the molecule is O=C(Nc1cc(I)ccc1Cl)c1ccc(Cl)cc1. The highest BCUT2D eigenvalue weighted by atomic mass is 127. The van der Waals surface area contributed by atoms with Gasteiger partial charge in [0.05, 0.1) is 10.7 Å². The van der Waals surface area contributed by atoms with Gasteiger partial charge in [0, 0.05) is 14.2 Å². The van der Waals surface area contributed by atoms with Gasteiger partial charge in [-0.1, -0.05) is 23.2 Å². The van der Waals surface area contributed by atoms with E-state index in [-0.39, 0.29) is 5.91 Å². The Kier molecular flexibility index (Phi) is 4.48. The Bertz CT molecular complexity index is 584. The standard InChI is InChI=1S/C13H8Cl2INO/c14-9-3-1-8(2-4-9)13(18)17-12-7-10(16)5-6-11(12)15/h1-7H,(H,17,18). The number of anilines is 1. The molecular formula is C13H8Cl2INO. The lowest BCUT2D eigenvalue weighted by molar-refractivity contribution is 0.102. The number of hydrogen-bond acceptors (Lipinski definition) is 1. The van der Waals surface area contributed by atoms with Crippen molar-refractivity contribution >= 4 is 57.4 Å². The summed E-state index contributed by atoms with van der Waals surface area (Å²) in [5.41, 5.74) is 1.14. The van der Waals surface area contributed by atoms with Gasteiger partial charge < -0.3 is 5.32 Å². The molecule has 0 spiro atoms. The fourth-order valence-corrected chi connectivity index (χ4v) is 2.17. The highest BCUT2D eigenvalue weighted by Crippen LogP contribution is 2.24. The molecule has 0 saturated carbocycles. The Morgan fingerprint density at radius 2 is 1.72 bits per heavy atom. The van der Waals surface area contributed by atoms with E-state index in [1.165, 1.54) is 0 Å². The molecule has 1 amide bonds. The molecule has 0 saturated heterocycles. The molecule has 1 N–H and O–H groups in total. The van der Waals surface area contributed by atoms with Crippen LogP contribution in [0.3, 0.4) is 0 Å². The molecule has 0 unspecified atom stereocenters. The van der Waals surface area contributed by atoms with Crippen molar-refractivity contribution in [2.24, 2.45) is 0 Å². The lowest BCUT2D eigenvalue weighted by atomic mass is 10.2. The van der Waals surface area contributed by atoms with Crippen LogP contribution in [0.4, 0.5) is 5.69 Å². The molecule has 0 heterocycles. The monoisotopic (exact) mass is 391 g/mol. The van der Waals surface area contributed by atoms with E-state index in [2.05, 4.69) is 27.9 Å². The summed E-state index contributed by atoms with van der Waals surface area (Å²) in [6.45, 7) is 0. The van der Waals surface area contributed by atoms with Crippen LogP contribution in [-0.4, -0.2) is 5.91 Å². The Morgan fingerprint density at radius 3 is 2.39 bits per heavy atom. The topological polar surface area (TPSA) is 29.1 Å². The first-order valence-electron chi connectivity index (χ1n) is 5.08. The fraction of sp³-hybridized carbons (Fsp3) is 0. The van der Waals surface area contributed by atoms with Crippen LogP contribution in [0.25, 0.3) is 0 Å². The van der Waals surface area contributed by atoms with Crippen LogP contribution in [0, 0.1) is 3.57 Å². The molecule has 2 aromatic carbocycles. The van der Waals surface area contributed by atoms with Crippen LogP contribution in [0.2, 0.25) is 10.0 Å². The summed E-state index contributed by atoms with van der Waals surface area (Å²) in [6.07, 6.45) is 0. The van der Waals surface area contributed by atoms with Gasteiger partial charge in [-0.2, -0.15) is 0 Å². The molecule has 2 rings (SSSR count). The van der Waals surface area contributed by atoms with Gasteiger partial charge in [0.25, 0.3) is 5.91 Å². The average Bonchev–Trinajstić information content (AvgIpc) is 2.34. The molecular weight excluding hydrogens is 384 g/mol. The second-order valence-electron chi connectivity index (χ2n) is 3.59. The van der Waals surface area contributed by atoms with E-state index in [9.17, 15) is 4.79 Å². The van der Waals surface area contributed by atoms with Crippen molar-refractivity contribution in [1.29, 1.82) is 0 Å². The van der Waals surface area contributed by atoms with Crippen molar-refractivity contribution in [3.63, 3.8) is 0 Å². The molecule has 92 valence electrons. The Morgan fingerprint density at radius 1 is 1.06 bits per heavy atom. The summed E-state index contributed by atoms with van der Waals surface area (Å²) in [5.74, 6) is -0.212. The zero-order chi connectivity index (χ0) is 13.1. The van der Waals surface area contributed by atoms with Gasteiger partial charge in [-0.15, -0.1) is 0 Å². The van der Waals surface area contributed by atoms with Gasteiger partial charge >= 0.3 is 0 Å². The predicted molar refractivity (Wildman–Crippen MR) is 83.6 cm³/mol. The first-order chi connectivity index (χ1) is 8.56. The normalized spacial score (nSPS) is 10.2. The second kappa shape index (κ2) is 5.91. The number of benzene rings is 2. The van der Waals surface area contributed by atoms with E-state index < -0.39 is 0 Å². The quantitative estimate of drug-likeness (QED) is 0.728. The summed E-state index contributed by atoms with van der Waals surface area (Å²) in [7, 11) is 0. The molecule has 2 nitrogen and oxygen atoms in total. The minimum absolute atomic E-state index is 0.212. The number of hydrogen-bond donors (Lipinski definition) is 1. The zero-order valence-corrected chi connectivity index (χ0v) is 12.8. The number of rotatable bonds is 2. The number of carbonyl (C=O) groups is 1. The predicted octanol–water partition coefficient (Wildman–Crippen LogP) is 4.85. The van der Waals surface area contributed by atoms with Gasteiger partial charge in [-0.05, 0) is 65.1 Å². The van der Waals surface area contributed by atoms with Crippen LogP contribution in [0.15, 0.2) is 42.5 Å². The summed E-state index contributed by atoms with van der Waals surface area (Å²) in [5, 5.41) is 3.88. The third-order valence-corrected chi connectivity index (χ3v) is 3.54. The van der Waals surface area contributed by atoms with Crippen molar-refractivity contribution in [2.45, 2.75) is 0 Å². The molecule has 0 aromatic heterocycles. The van der Waals surface area contributed by atoms with Crippen LogP contribution in [-0.2, 0) is 0 Å². The summed E-state index contributed by atoms with van der Waals surface area (Å²) in [4.78, 5) is 12.0. The highest BCUT2D eigenvalue weighted by molar-refractivity contribution is 14.1. The van der Waals surface area contributed by atoms with Gasteiger partial charge in [-0.25, -0.2) is 0 Å². The highest BCUT2D eigenvalue weighted by Gasteiger charge is 2.08. The van der Waals surface area contributed by atoms with Crippen LogP contribution in [0.1, 0.15) is 10.4 Å². The van der Waals surface area contributed by atoms with E-state index in [0.717, 1.165) is 3.57 Å². The Hall–Kier alpha value is -0.780. The number of nitrogens with one attached hydrogen (secondary N) is 1. The minimum atomic E-state index is -0.212. The van der Waals surface area contributed by atoms with E-state index in [1.807, 2.05) is 12.1 Å². The summed E-state index contributed by atoms with van der Waals surface area (Å²) < 4.78 is 1.00. The zero-order valence-electron chi connectivity index (χ0n) is 9.08. The summed E-state index contributed by atoms with van der Waals surface area (Å²) in [6, 6.07) is 12.1. The van der Waals surface area contributed by atoms with Gasteiger partial charge in [0.2, 0.25) is 0 Å². The Balaban J connectivity index is 2.21. The van der Waals surface area contributed by atoms with Crippen molar-refractivity contribution in [1.82, 2.24) is 0 Å². The fourth-order valence-electron chi connectivity index (χ4n) is 1.39. The molecule has 0 aliphatic rings. The largest absolute Gasteiger partial charge is 0.321 e. The molecule has 0 atom stereocenters. The third-order valence-electron chi connectivity index (χ3n) is 2.28. The molecule has 0 bridgehead atoms. The average molecular weight is 392 g/mol. The number of halogens is 3. The first-order valence-corrected chi connectivity index (χ1v) is 6.92. The molecule has 5 heteroatoms. The molecule has 0 aliphatic heterocycles. The van der Waals surface area contributed by atoms with Gasteiger partial charge in [0.15, 0.2) is 0 Å². The summed E-state index contributed by atoms with van der Waals surface area (Å²) >= 11 is 13.9. The number of carbonyl (C=O) groups excluding carboxylic acids is 1. The smallest absolute Gasteiger partial charge is 0.255 e. The molecule has 18 heavy (non-hydrogen) atoms. The maximum atomic E-state index is 12.0. The molecule has 0 radical (unpaired) electrons. The Labute approximate surface area is 128 Å². The van der Waals surface area contributed by atoms with Crippen LogP contribution < -0.4 is 5.32 Å². The van der Waals surface area contributed by atoms with Crippen molar-refractivity contribution < 1.29 is 4.79 Å². The molecule has 0 aliphatic carbocycles. The maximum Gasteiger partial charge on any atom is 0.255 e. The van der Waals surface area contributed by atoms with Gasteiger partial charge in [-0.3, -0.25) is 4.79 Å². The van der Waals surface area contributed by atoms with E-state index >= 15 is 0 Å². The van der Waals surface area contributed by atoms with Crippen LogP contribution in [0.5, 0.6) is 0 Å². The van der Waals surface area contributed by atoms with E-state index in [4.69, 9.17) is 23.2 Å². The van der Waals surface area contributed by atoms with Crippen molar-refractivity contribution in [3.05, 3.63) is 61.6 Å². The molecule has 0 fully saturated rings. The van der Waals surface area contributed by atoms with Crippen molar-refractivity contribution in [3.8, 4) is 0 Å². The first kappa shape index (κ1) is 13.6. The lowest BCUT2D eigenvalue weighted by Gasteiger charge is -2.07. The minimum Gasteiger partial charge on any atom is -0.321 e. The number of amides is 1. The van der Waals surface area contributed by atoms with Gasteiger partial charge in [0.1, 0.15) is 0 Å². The van der Waals surface area contributed by atoms with E-state index in [1.54, 1.807) is 30.3 Å².